The summed E-state index contributed by atoms with van der Waals surface area (Å²) in [4.78, 5) is 27.6. The van der Waals surface area contributed by atoms with E-state index in [1.54, 1.807) is 23.3 Å². The fourth-order valence-electron chi connectivity index (χ4n) is 2.67. The summed E-state index contributed by atoms with van der Waals surface area (Å²) in [6.07, 6.45) is 0.826. The van der Waals surface area contributed by atoms with Gasteiger partial charge in [0.05, 0.1) is 12.6 Å². The molecular formula is C20H27N3O2S. The molecule has 140 valence electrons. The maximum absolute atomic E-state index is 12.3. The highest BCUT2D eigenvalue weighted by Gasteiger charge is 2.20. The number of amides is 2. The molecule has 2 N–H and O–H groups in total. The van der Waals surface area contributed by atoms with Crippen LogP contribution in [-0.2, 0) is 16.0 Å². The van der Waals surface area contributed by atoms with Gasteiger partial charge in [-0.1, -0.05) is 24.3 Å². The number of rotatable bonds is 8. The van der Waals surface area contributed by atoms with Crippen LogP contribution < -0.4 is 10.6 Å². The zero-order valence-corrected chi connectivity index (χ0v) is 16.7. The van der Waals surface area contributed by atoms with Gasteiger partial charge in [-0.15, -0.1) is 11.3 Å². The molecule has 26 heavy (non-hydrogen) atoms. The SMILES string of the molecule is Cc1cccc(C)c1NC(=O)CN(C)[C@@H](C)C(=O)NCCc1cccs1. The van der Waals surface area contributed by atoms with E-state index >= 15 is 0 Å². The van der Waals surface area contributed by atoms with Crippen molar-refractivity contribution in [1.82, 2.24) is 10.2 Å². The normalized spacial score (nSPS) is 12.0. The Balaban J connectivity index is 1.80. The Labute approximate surface area is 159 Å². The minimum atomic E-state index is -0.373. The average molecular weight is 374 g/mol. The average Bonchev–Trinajstić information content (AvgIpc) is 3.10. The van der Waals surface area contributed by atoms with Crippen LogP contribution >= 0.6 is 11.3 Å². The molecule has 0 spiro atoms. The van der Waals surface area contributed by atoms with Gasteiger partial charge in [-0.25, -0.2) is 0 Å². The Bertz CT molecular complexity index is 723. The highest BCUT2D eigenvalue weighted by molar-refractivity contribution is 7.09. The van der Waals surface area contributed by atoms with Gasteiger partial charge in [0.15, 0.2) is 0 Å². The van der Waals surface area contributed by atoms with Gasteiger partial charge in [0, 0.05) is 17.1 Å². The van der Waals surface area contributed by atoms with E-state index in [-0.39, 0.29) is 24.4 Å². The number of likely N-dealkylation sites (N-methyl/N-ethyl adjacent to an activating group) is 1. The number of thiophene rings is 1. The zero-order chi connectivity index (χ0) is 19.1. The van der Waals surface area contributed by atoms with E-state index in [0.717, 1.165) is 23.2 Å². The number of nitrogens with one attached hydrogen (secondary N) is 2. The van der Waals surface area contributed by atoms with Gasteiger partial charge in [-0.05, 0) is 56.8 Å². The Kier molecular flexibility index (Phi) is 7.36. The highest BCUT2D eigenvalue weighted by atomic mass is 32.1. The van der Waals surface area contributed by atoms with Crippen molar-refractivity contribution in [1.29, 1.82) is 0 Å². The van der Waals surface area contributed by atoms with Crippen LogP contribution in [-0.4, -0.2) is 42.9 Å². The van der Waals surface area contributed by atoms with Crippen LogP contribution in [0, 0.1) is 13.8 Å². The van der Waals surface area contributed by atoms with Crippen LogP contribution in [0.25, 0.3) is 0 Å². The van der Waals surface area contributed by atoms with E-state index in [4.69, 9.17) is 0 Å². The number of aryl methyl sites for hydroxylation is 2. The predicted molar refractivity (Wildman–Crippen MR) is 108 cm³/mol. The second kappa shape index (κ2) is 9.50. The molecule has 0 unspecified atom stereocenters. The molecule has 0 saturated heterocycles. The molecule has 0 aliphatic heterocycles. The molecule has 2 rings (SSSR count). The van der Waals surface area contributed by atoms with Crippen LogP contribution in [0.5, 0.6) is 0 Å². The molecule has 1 aromatic carbocycles. The van der Waals surface area contributed by atoms with Gasteiger partial charge in [0.25, 0.3) is 0 Å². The molecule has 0 bridgehead atoms. The quantitative estimate of drug-likeness (QED) is 0.748. The number of anilines is 1. The lowest BCUT2D eigenvalue weighted by Crippen LogP contribution is -2.46. The lowest BCUT2D eigenvalue weighted by Gasteiger charge is -2.23. The summed E-state index contributed by atoms with van der Waals surface area (Å²) in [7, 11) is 1.79. The second-order valence-corrected chi connectivity index (χ2v) is 7.56. The molecule has 2 amide bonds. The van der Waals surface area contributed by atoms with Crippen molar-refractivity contribution in [2.75, 3.05) is 25.5 Å². The zero-order valence-electron chi connectivity index (χ0n) is 15.8. The lowest BCUT2D eigenvalue weighted by molar-refractivity contribution is -0.126. The maximum Gasteiger partial charge on any atom is 0.238 e. The molecule has 5 nitrogen and oxygen atoms in total. The summed E-state index contributed by atoms with van der Waals surface area (Å²) in [6, 6.07) is 9.60. The van der Waals surface area contributed by atoms with Gasteiger partial charge in [-0.3, -0.25) is 14.5 Å². The van der Waals surface area contributed by atoms with Crippen molar-refractivity contribution in [2.24, 2.45) is 0 Å². The molecule has 0 fully saturated rings. The molecule has 0 radical (unpaired) electrons. The standard InChI is InChI=1S/C20H27N3O2S/c1-14-7-5-8-15(2)19(14)22-18(24)13-23(4)16(3)20(25)21-11-10-17-9-6-12-26-17/h5-9,12,16H,10-11,13H2,1-4H3,(H,21,25)(H,22,24)/t16-/m0/s1. The van der Waals surface area contributed by atoms with Crippen LogP contribution in [0.2, 0.25) is 0 Å². The molecule has 1 heterocycles. The molecule has 0 aliphatic rings. The molecule has 2 aromatic rings. The smallest absolute Gasteiger partial charge is 0.238 e. The van der Waals surface area contributed by atoms with Crippen molar-refractivity contribution in [2.45, 2.75) is 33.2 Å². The monoisotopic (exact) mass is 373 g/mol. The van der Waals surface area contributed by atoms with Crippen LogP contribution in [0.4, 0.5) is 5.69 Å². The van der Waals surface area contributed by atoms with Crippen molar-refractivity contribution < 1.29 is 9.59 Å². The van der Waals surface area contributed by atoms with E-state index in [0.29, 0.717) is 6.54 Å². The maximum atomic E-state index is 12.3. The largest absolute Gasteiger partial charge is 0.354 e. The van der Waals surface area contributed by atoms with E-state index in [2.05, 4.69) is 16.7 Å². The Morgan fingerprint density at radius 3 is 2.46 bits per heavy atom. The molecule has 1 atom stereocenters. The second-order valence-electron chi connectivity index (χ2n) is 6.53. The van der Waals surface area contributed by atoms with Crippen molar-refractivity contribution in [3.8, 4) is 0 Å². The third-order valence-electron chi connectivity index (χ3n) is 4.43. The summed E-state index contributed by atoms with van der Waals surface area (Å²) in [6.45, 7) is 6.51. The summed E-state index contributed by atoms with van der Waals surface area (Å²) in [5, 5.41) is 7.92. The molecule has 6 heteroatoms. The topological polar surface area (TPSA) is 61.4 Å². The van der Waals surface area contributed by atoms with Gasteiger partial charge < -0.3 is 10.6 Å². The first-order valence-corrected chi connectivity index (χ1v) is 9.63. The third kappa shape index (κ3) is 5.68. The Morgan fingerprint density at radius 2 is 1.85 bits per heavy atom. The minimum Gasteiger partial charge on any atom is -0.354 e. The van der Waals surface area contributed by atoms with E-state index in [1.165, 1.54) is 4.88 Å². The van der Waals surface area contributed by atoms with Gasteiger partial charge in [0.1, 0.15) is 0 Å². The Morgan fingerprint density at radius 1 is 1.15 bits per heavy atom. The Hall–Kier alpha value is -2.18. The molecule has 0 saturated carbocycles. The van der Waals surface area contributed by atoms with Gasteiger partial charge in [0.2, 0.25) is 11.8 Å². The van der Waals surface area contributed by atoms with Crippen LogP contribution in [0.15, 0.2) is 35.7 Å². The van der Waals surface area contributed by atoms with Crippen molar-refractivity contribution in [3.05, 3.63) is 51.7 Å². The molecule has 0 aliphatic carbocycles. The summed E-state index contributed by atoms with van der Waals surface area (Å²) in [5.74, 6) is -0.188. The number of nitrogens with zero attached hydrogens (tertiary/aromatic N) is 1. The fourth-order valence-corrected chi connectivity index (χ4v) is 3.37. The van der Waals surface area contributed by atoms with Gasteiger partial charge in [-0.2, -0.15) is 0 Å². The number of hydrogen-bond acceptors (Lipinski definition) is 4. The summed E-state index contributed by atoms with van der Waals surface area (Å²) >= 11 is 1.69. The fraction of sp³-hybridized carbons (Fsp3) is 0.400. The first-order valence-electron chi connectivity index (χ1n) is 8.75. The number of carbonyl (C=O) groups is 2. The molecular weight excluding hydrogens is 346 g/mol. The lowest BCUT2D eigenvalue weighted by atomic mass is 10.1. The van der Waals surface area contributed by atoms with Gasteiger partial charge >= 0.3 is 0 Å². The number of carbonyl (C=O) groups excluding carboxylic acids is 2. The molecule has 1 aromatic heterocycles. The summed E-state index contributed by atoms with van der Waals surface area (Å²) in [5.41, 5.74) is 2.90. The first-order chi connectivity index (χ1) is 12.4. The highest BCUT2D eigenvalue weighted by Crippen LogP contribution is 2.19. The first kappa shape index (κ1) is 20.1. The minimum absolute atomic E-state index is 0.0658. The van der Waals surface area contributed by atoms with Crippen molar-refractivity contribution in [3.63, 3.8) is 0 Å². The third-order valence-corrected chi connectivity index (χ3v) is 5.37. The number of hydrogen-bond donors (Lipinski definition) is 2. The number of benzene rings is 1. The van der Waals surface area contributed by atoms with Crippen LogP contribution in [0.3, 0.4) is 0 Å². The summed E-state index contributed by atoms with van der Waals surface area (Å²) < 4.78 is 0. The van der Waals surface area contributed by atoms with E-state index < -0.39 is 0 Å². The van der Waals surface area contributed by atoms with E-state index in [9.17, 15) is 9.59 Å². The number of para-hydroxylation sites is 1. The van der Waals surface area contributed by atoms with E-state index in [1.807, 2.05) is 50.4 Å². The predicted octanol–water partition coefficient (Wildman–Crippen LogP) is 2.98. The van der Waals surface area contributed by atoms with Crippen molar-refractivity contribution >= 4 is 28.8 Å². The van der Waals surface area contributed by atoms with Crippen LogP contribution in [0.1, 0.15) is 22.9 Å².